The van der Waals surface area contributed by atoms with Crippen LogP contribution in [0.25, 0.3) is 0 Å². The number of hydrogen-bond acceptors (Lipinski definition) is 2. The average molecular weight is 211 g/mol. The minimum Gasteiger partial charge on any atom is -0.371 e. The number of alkyl halides is 1. The number of pyridine rings is 1. The molecule has 2 heterocycles. The van der Waals surface area contributed by atoms with Crippen molar-refractivity contribution in [3.8, 4) is 0 Å². The zero-order chi connectivity index (χ0) is 9.97. The fraction of sp³-hybridized carbons (Fsp3) is 0.545. The van der Waals surface area contributed by atoms with Crippen molar-refractivity contribution in [1.82, 2.24) is 4.98 Å². The van der Waals surface area contributed by atoms with E-state index >= 15 is 0 Å². The Labute approximate surface area is 89.9 Å². The molecule has 0 N–H and O–H groups in total. The molecule has 1 aliphatic heterocycles. The monoisotopic (exact) mass is 210 g/mol. The Morgan fingerprint density at radius 3 is 2.79 bits per heavy atom. The third-order valence-electron chi connectivity index (χ3n) is 2.76. The Bertz CT molecular complexity index is 306. The number of rotatable bonds is 1. The summed E-state index contributed by atoms with van der Waals surface area (Å²) in [5.41, 5.74) is 2.56. The van der Waals surface area contributed by atoms with Crippen molar-refractivity contribution in [3.63, 3.8) is 0 Å². The molecule has 14 heavy (non-hydrogen) atoms. The van der Waals surface area contributed by atoms with E-state index in [1.807, 2.05) is 12.4 Å². The van der Waals surface area contributed by atoms with Gasteiger partial charge in [0.1, 0.15) is 0 Å². The van der Waals surface area contributed by atoms with Gasteiger partial charge in [-0.3, -0.25) is 4.98 Å². The summed E-state index contributed by atoms with van der Waals surface area (Å²) in [6.45, 7) is 4.24. The van der Waals surface area contributed by atoms with Crippen LogP contribution in [0.15, 0.2) is 18.5 Å². The lowest BCUT2D eigenvalue weighted by Crippen LogP contribution is -2.34. The highest BCUT2D eigenvalue weighted by Gasteiger charge is 2.18. The maximum absolute atomic E-state index is 6.07. The highest BCUT2D eigenvalue weighted by Crippen LogP contribution is 2.24. The summed E-state index contributed by atoms with van der Waals surface area (Å²) in [5, 5.41) is 0.369. The molecule has 1 aromatic heterocycles. The Morgan fingerprint density at radius 1 is 1.43 bits per heavy atom. The molecule has 0 amide bonds. The molecule has 3 heteroatoms. The third-order valence-corrected chi connectivity index (χ3v) is 3.19. The molecule has 2 nitrogen and oxygen atoms in total. The number of aromatic nitrogens is 1. The van der Waals surface area contributed by atoms with Gasteiger partial charge < -0.3 is 4.90 Å². The lowest BCUT2D eigenvalue weighted by atomic mass is 10.1. The first kappa shape index (κ1) is 9.78. The summed E-state index contributed by atoms with van der Waals surface area (Å²) >= 11 is 6.07. The minimum atomic E-state index is 0.369. The normalized spacial score (nSPS) is 18.6. The smallest absolute Gasteiger partial charge is 0.0426 e. The largest absolute Gasteiger partial charge is 0.371 e. The zero-order valence-electron chi connectivity index (χ0n) is 8.41. The standard InChI is InChI=1S/C11H15ClN2/c1-9-8-13-5-2-11(9)14-6-3-10(12)4-7-14/h2,5,8,10H,3-4,6-7H2,1H3. The van der Waals surface area contributed by atoms with Gasteiger partial charge in [0.25, 0.3) is 0 Å². The maximum Gasteiger partial charge on any atom is 0.0426 e. The van der Waals surface area contributed by atoms with Crippen LogP contribution in [0.1, 0.15) is 18.4 Å². The van der Waals surface area contributed by atoms with Gasteiger partial charge in [0, 0.05) is 36.5 Å². The Balaban J connectivity index is 2.12. The van der Waals surface area contributed by atoms with Crippen LogP contribution in [0.4, 0.5) is 5.69 Å². The van der Waals surface area contributed by atoms with Crippen LogP contribution in [-0.2, 0) is 0 Å². The van der Waals surface area contributed by atoms with Crippen molar-refractivity contribution in [1.29, 1.82) is 0 Å². The molecule has 1 saturated heterocycles. The average Bonchev–Trinajstić information content (AvgIpc) is 2.20. The molecular formula is C11H15ClN2. The summed E-state index contributed by atoms with van der Waals surface area (Å²) in [4.78, 5) is 6.50. The zero-order valence-corrected chi connectivity index (χ0v) is 9.17. The maximum atomic E-state index is 6.07. The lowest BCUT2D eigenvalue weighted by molar-refractivity contribution is 0.584. The van der Waals surface area contributed by atoms with E-state index in [1.54, 1.807) is 0 Å². The Hall–Kier alpha value is -0.760. The van der Waals surface area contributed by atoms with Crippen molar-refractivity contribution in [3.05, 3.63) is 24.0 Å². The number of aryl methyl sites for hydroxylation is 1. The fourth-order valence-corrected chi connectivity index (χ4v) is 2.10. The SMILES string of the molecule is Cc1cnccc1N1CCC(Cl)CC1. The second kappa shape index (κ2) is 4.18. The van der Waals surface area contributed by atoms with Crippen molar-refractivity contribution in [2.24, 2.45) is 0 Å². The molecule has 0 aliphatic carbocycles. The molecule has 0 unspecified atom stereocenters. The molecule has 0 saturated carbocycles. The topological polar surface area (TPSA) is 16.1 Å². The van der Waals surface area contributed by atoms with Crippen LogP contribution in [0.2, 0.25) is 0 Å². The molecule has 2 rings (SSSR count). The van der Waals surface area contributed by atoms with Crippen LogP contribution in [0.5, 0.6) is 0 Å². The fourth-order valence-electron chi connectivity index (χ4n) is 1.91. The van der Waals surface area contributed by atoms with Gasteiger partial charge in [0.05, 0.1) is 0 Å². The summed E-state index contributed by atoms with van der Waals surface area (Å²) in [7, 11) is 0. The molecule has 76 valence electrons. The molecule has 0 aromatic carbocycles. The van der Waals surface area contributed by atoms with E-state index < -0.39 is 0 Å². The molecular weight excluding hydrogens is 196 g/mol. The van der Waals surface area contributed by atoms with Crippen molar-refractivity contribution < 1.29 is 0 Å². The van der Waals surface area contributed by atoms with Gasteiger partial charge in [0.2, 0.25) is 0 Å². The first-order valence-corrected chi connectivity index (χ1v) is 5.50. The second-order valence-electron chi connectivity index (χ2n) is 3.82. The molecule has 0 bridgehead atoms. The molecule has 1 aromatic rings. The number of halogens is 1. The first-order chi connectivity index (χ1) is 6.77. The highest BCUT2D eigenvalue weighted by molar-refractivity contribution is 6.20. The Kier molecular flexibility index (Phi) is 2.92. The predicted molar refractivity (Wildman–Crippen MR) is 60.1 cm³/mol. The quantitative estimate of drug-likeness (QED) is 0.663. The number of anilines is 1. The van der Waals surface area contributed by atoms with Crippen molar-refractivity contribution in [2.75, 3.05) is 18.0 Å². The van der Waals surface area contributed by atoms with E-state index in [-0.39, 0.29) is 0 Å². The van der Waals surface area contributed by atoms with Gasteiger partial charge in [0.15, 0.2) is 0 Å². The third kappa shape index (κ3) is 2.01. The molecule has 0 radical (unpaired) electrons. The van der Waals surface area contributed by atoms with E-state index in [2.05, 4.69) is 22.9 Å². The molecule has 0 spiro atoms. The van der Waals surface area contributed by atoms with E-state index in [9.17, 15) is 0 Å². The predicted octanol–water partition coefficient (Wildman–Crippen LogP) is 2.60. The van der Waals surface area contributed by atoms with E-state index in [1.165, 1.54) is 11.3 Å². The van der Waals surface area contributed by atoms with Crippen LogP contribution < -0.4 is 4.90 Å². The summed E-state index contributed by atoms with van der Waals surface area (Å²) in [5.74, 6) is 0. The van der Waals surface area contributed by atoms with Crippen LogP contribution in [0, 0.1) is 6.92 Å². The minimum absolute atomic E-state index is 0.369. The number of piperidine rings is 1. The van der Waals surface area contributed by atoms with Gasteiger partial charge in [-0.25, -0.2) is 0 Å². The van der Waals surface area contributed by atoms with Gasteiger partial charge in [-0.1, -0.05) is 0 Å². The van der Waals surface area contributed by atoms with Gasteiger partial charge in [-0.15, -0.1) is 11.6 Å². The van der Waals surface area contributed by atoms with E-state index in [0.717, 1.165) is 25.9 Å². The lowest BCUT2D eigenvalue weighted by Gasteiger charge is -2.32. The summed E-state index contributed by atoms with van der Waals surface area (Å²) in [6, 6.07) is 2.09. The molecule has 1 fully saturated rings. The Morgan fingerprint density at radius 2 is 2.14 bits per heavy atom. The highest BCUT2D eigenvalue weighted by atomic mass is 35.5. The van der Waals surface area contributed by atoms with E-state index in [0.29, 0.717) is 5.38 Å². The first-order valence-electron chi connectivity index (χ1n) is 5.07. The molecule has 0 atom stereocenters. The van der Waals surface area contributed by atoms with Gasteiger partial charge in [-0.05, 0) is 31.4 Å². The second-order valence-corrected chi connectivity index (χ2v) is 4.44. The summed E-state index contributed by atoms with van der Waals surface area (Å²) in [6.07, 6.45) is 5.95. The van der Waals surface area contributed by atoms with Crippen LogP contribution in [-0.4, -0.2) is 23.5 Å². The molecule has 1 aliphatic rings. The summed E-state index contributed by atoms with van der Waals surface area (Å²) < 4.78 is 0. The number of hydrogen-bond donors (Lipinski definition) is 0. The van der Waals surface area contributed by atoms with E-state index in [4.69, 9.17) is 11.6 Å². The van der Waals surface area contributed by atoms with Crippen LogP contribution in [0.3, 0.4) is 0 Å². The van der Waals surface area contributed by atoms with Crippen molar-refractivity contribution in [2.45, 2.75) is 25.1 Å². The van der Waals surface area contributed by atoms with Gasteiger partial charge in [-0.2, -0.15) is 0 Å². The van der Waals surface area contributed by atoms with Gasteiger partial charge >= 0.3 is 0 Å². The van der Waals surface area contributed by atoms with Crippen LogP contribution >= 0.6 is 11.6 Å². The van der Waals surface area contributed by atoms with Crippen molar-refractivity contribution >= 4 is 17.3 Å². The number of nitrogens with zero attached hydrogens (tertiary/aromatic N) is 2.